The van der Waals surface area contributed by atoms with Gasteiger partial charge in [-0.1, -0.05) is 18.2 Å². The number of hydrogen-bond acceptors (Lipinski definition) is 7. The molecule has 0 aliphatic carbocycles. The van der Waals surface area contributed by atoms with Crippen molar-refractivity contribution in [1.29, 1.82) is 0 Å². The normalized spacial score (nSPS) is 15.4. The van der Waals surface area contributed by atoms with Crippen LogP contribution < -0.4 is 0 Å². The minimum Gasteiger partial charge on any atom is -0.463 e. The van der Waals surface area contributed by atoms with Gasteiger partial charge in [0.25, 0.3) is 5.91 Å². The fourth-order valence-corrected chi connectivity index (χ4v) is 3.96. The van der Waals surface area contributed by atoms with Crippen LogP contribution in [0.5, 0.6) is 0 Å². The van der Waals surface area contributed by atoms with Gasteiger partial charge in [0, 0.05) is 38.3 Å². The summed E-state index contributed by atoms with van der Waals surface area (Å²) in [6.07, 6.45) is 1.80. The van der Waals surface area contributed by atoms with Crippen molar-refractivity contribution < 1.29 is 32.3 Å². The Bertz CT molecular complexity index is 829. The van der Waals surface area contributed by atoms with Gasteiger partial charge in [-0.15, -0.1) is 0 Å². The minimum absolute atomic E-state index is 0.152. The zero-order chi connectivity index (χ0) is 20.6. The summed E-state index contributed by atoms with van der Waals surface area (Å²) in [6.45, 7) is 2.02. The van der Waals surface area contributed by atoms with Gasteiger partial charge in [0.1, 0.15) is 0 Å². The molecule has 1 aliphatic rings. The fraction of sp³-hybridized carbons (Fsp3) is 0.389. The molecule has 1 heterocycles. The lowest BCUT2D eigenvalue weighted by atomic mass is 10.3. The predicted molar refractivity (Wildman–Crippen MR) is 98.5 cm³/mol. The number of carbonyl (C=O) groups is 3. The zero-order valence-corrected chi connectivity index (χ0v) is 16.3. The molecule has 1 saturated heterocycles. The minimum atomic E-state index is -3.60. The van der Waals surface area contributed by atoms with Gasteiger partial charge in [-0.25, -0.2) is 18.0 Å². The summed E-state index contributed by atoms with van der Waals surface area (Å²) in [6, 6.07) is 8.08. The van der Waals surface area contributed by atoms with Gasteiger partial charge in [-0.3, -0.25) is 4.79 Å². The SMILES string of the molecule is CCOC(=O)C=CC(=O)OCC(=O)N1CCN(S(=O)(=O)c2ccccc2)CC1. The Hall–Kier alpha value is -2.72. The number of piperazine rings is 1. The van der Waals surface area contributed by atoms with E-state index in [1.165, 1.54) is 21.3 Å². The fourth-order valence-electron chi connectivity index (χ4n) is 2.52. The van der Waals surface area contributed by atoms with E-state index < -0.39 is 34.5 Å². The smallest absolute Gasteiger partial charge is 0.331 e. The highest BCUT2D eigenvalue weighted by Crippen LogP contribution is 2.17. The summed E-state index contributed by atoms with van der Waals surface area (Å²) in [5.41, 5.74) is 0. The average Bonchev–Trinajstić information content (AvgIpc) is 2.71. The Balaban J connectivity index is 1.80. The highest BCUT2D eigenvalue weighted by atomic mass is 32.2. The van der Waals surface area contributed by atoms with Gasteiger partial charge < -0.3 is 14.4 Å². The molecule has 1 amide bonds. The Morgan fingerprint density at radius 3 is 2.11 bits per heavy atom. The lowest BCUT2D eigenvalue weighted by Crippen LogP contribution is -2.51. The average molecular weight is 410 g/mol. The van der Waals surface area contributed by atoms with Crippen molar-refractivity contribution in [3.8, 4) is 0 Å². The van der Waals surface area contributed by atoms with Crippen LogP contribution in [0.3, 0.4) is 0 Å². The Labute approximate surface area is 163 Å². The third-order valence-corrected chi connectivity index (χ3v) is 5.87. The standard InChI is InChI=1S/C18H22N2O7S/c1-2-26-17(22)8-9-18(23)27-14-16(21)19-10-12-20(13-11-19)28(24,25)15-6-4-3-5-7-15/h3-9H,2,10-14H2,1H3. The maximum absolute atomic E-state index is 12.6. The molecule has 0 saturated carbocycles. The van der Waals surface area contributed by atoms with Crippen LogP contribution in [-0.4, -0.2) is 74.9 Å². The molecular formula is C18H22N2O7S. The molecule has 28 heavy (non-hydrogen) atoms. The van der Waals surface area contributed by atoms with Crippen LogP contribution in [0.25, 0.3) is 0 Å². The molecule has 2 rings (SSSR count). The molecule has 1 aliphatic heterocycles. The second-order valence-corrected chi connectivity index (χ2v) is 7.73. The molecule has 10 heteroatoms. The summed E-state index contributed by atoms with van der Waals surface area (Å²) in [4.78, 5) is 36.4. The van der Waals surface area contributed by atoms with Crippen molar-refractivity contribution >= 4 is 27.9 Å². The van der Waals surface area contributed by atoms with E-state index in [0.29, 0.717) is 0 Å². The number of ether oxygens (including phenoxy) is 2. The first-order valence-corrected chi connectivity index (χ1v) is 10.1. The van der Waals surface area contributed by atoms with E-state index >= 15 is 0 Å². The number of nitrogens with zero attached hydrogens (tertiary/aromatic N) is 2. The number of carbonyl (C=O) groups excluding carboxylic acids is 3. The van der Waals surface area contributed by atoms with E-state index in [9.17, 15) is 22.8 Å². The van der Waals surface area contributed by atoms with E-state index in [1.807, 2.05) is 0 Å². The molecule has 1 fully saturated rings. The topological polar surface area (TPSA) is 110 Å². The van der Waals surface area contributed by atoms with Crippen LogP contribution in [-0.2, 0) is 33.9 Å². The zero-order valence-electron chi connectivity index (χ0n) is 15.4. The van der Waals surface area contributed by atoms with Crippen LogP contribution >= 0.6 is 0 Å². The van der Waals surface area contributed by atoms with Gasteiger partial charge in [-0.2, -0.15) is 4.31 Å². The molecule has 152 valence electrons. The third kappa shape index (κ3) is 5.89. The van der Waals surface area contributed by atoms with Crippen LogP contribution in [0.1, 0.15) is 6.92 Å². The summed E-state index contributed by atoms with van der Waals surface area (Å²) < 4.78 is 35.9. The summed E-state index contributed by atoms with van der Waals surface area (Å²) in [5.74, 6) is -1.96. The maximum Gasteiger partial charge on any atom is 0.331 e. The highest BCUT2D eigenvalue weighted by molar-refractivity contribution is 7.89. The van der Waals surface area contributed by atoms with E-state index in [2.05, 4.69) is 4.74 Å². The summed E-state index contributed by atoms with van der Waals surface area (Å²) in [7, 11) is -3.60. The van der Waals surface area contributed by atoms with Gasteiger partial charge in [0.15, 0.2) is 6.61 Å². The molecule has 1 aromatic rings. The lowest BCUT2D eigenvalue weighted by molar-refractivity contribution is -0.148. The quantitative estimate of drug-likeness (QED) is 0.466. The van der Waals surface area contributed by atoms with Crippen molar-refractivity contribution in [2.24, 2.45) is 0 Å². The van der Waals surface area contributed by atoms with Gasteiger partial charge >= 0.3 is 11.9 Å². The monoisotopic (exact) mass is 410 g/mol. The number of hydrogen-bond donors (Lipinski definition) is 0. The van der Waals surface area contributed by atoms with Gasteiger partial charge in [-0.05, 0) is 19.1 Å². The number of rotatable bonds is 7. The predicted octanol–water partition coefficient (Wildman–Crippen LogP) is 0.182. The second-order valence-electron chi connectivity index (χ2n) is 5.79. The molecule has 0 spiro atoms. The molecule has 0 unspecified atom stereocenters. The highest BCUT2D eigenvalue weighted by Gasteiger charge is 2.30. The molecule has 0 aromatic heterocycles. The maximum atomic E-state index is 12.6. The third-order valence-electron chi connectivity index (χ3n) is 3.95. The Morgan fingerprint density at radius 1 is 0.964 bits per heavy atom. The van der Waals surface area contributed by atoms with Gasteiger partial charge in [0.2, 0.25) is 10.0 Å². The van der Waals surface area contributed by atoms with Crippen LogP contribution in [0, 0.1) is 0 Å². The molecule has 0 radical (unpaired) electrons. The Kier molecular flexibility index (Phi) is 7.70. The van der Waals surface area contributed by atoms with Crippen molar-refractivity contribution in [3.63, 3.8) is 0 Å². The second kappa shape index (κ2) is 10.00. The van der Waals surface area contributed by atoms with E-state index in [-0.39, 0.29) is 37.7 Å². The summed E-state index contributed by atoms with van der Waals surface area (Å²) in [5, 5.41) is 0. The number of sulfonamides is 1. The first-order valence-electron chi connectivity index (χ1n) is 8.69. The van der Waals surface area contributed by atoms with E-state index in [1.54, 1.807) is 25.1 Å². The molecular weight excluding hydrogens is 388 g/mol. The van der Waals surface area contributed by atoms with Crippen molar-refractivity contribution in [1.82, 2.24) is 9.21 Å². The number of esters is 2. The number of amides is 1. The first kappa shape index (κ1) is 21.6. The number of benzene rings is 1. The molecule has 1 aromatic carbocycles. The van der Waals surface area contributed by atoms with Gasteiger partial charge in [0.05, 0.1) is 11.5 Å². The van der Waals surface area contributed by atoms with Crippen LogP contribution in [0.2, 0.25) is 0 Å². The van der Waals surface area contributed by atoms with E-state index in [4.69, 9.17) is 4.74 Å². The summed E-state index contributed by atoms with van der Waals surface area (Å²) >= 11 is 0. The van der Waals surface area contributed by atoms with Crippen LogP contribution in [0.4, 0.5) is 0 Å². The molecule has 0 bridgehead atoms. The lowest BCUT2D eigenvalue weighted by Gasteiger charge is -2.33. The molecule has 0 atom stereocenters. The van der Waals surface area contributed by atoms with Crippen LogP contribution in [0.15, 0.2) is 47.4 Å². The largest absolute Gasteiger partial charge is 0.463 e. The van der Waals surface area contributed by atoms with E-state index in [0.717, 1.165) is 12.2 Å². The van der Waals surface area contributed by atoms with Crippen molar-refractivity contribution in [3.05, 3.63) is 42.5 Å². The molecule has 9 nitrogen and oxygen atoms in total. The first-order chi connectivity index (χ1) is 13.3. The molecule has 0 N–H and O–H groups in total. The van der Waals surface area contributed by atoms with Crippen molar-refractivity contribution in [2.75, 3.05) is 39.4 Å². The Morgan fingerprint density at radius 2 is 1.54 bits per heavy atom. The van der Waals surface area contributed by atoms with Crippen molar-refractivity contribution in [2.45, 2.75) is 11.8 Å².